The number of hydrogen-bond donors (Lipinski definition) is 2. The third-order valence-corrected chi connectivity index (χ3v) is 5.63. The van der Waals surface area contributed by atoms with Crippen molar-refractivity contribution in [3.63, 3.8) is 0 Å². The fourth-order valence-electron chi connectivity index (χ4n) is 4.12. The Morgan fingerprint density at radius 1 is 0.875 bits per heavy atom. The molecule has 2 N–H and O–H groups in total. The molecule has 2 saturated carbocycles. The molecule has 0 aliphatic heterocycles. The molecular weight excluding hydrogens is 296 g/mol. The molecular formula is C21H32N2O. The summed E-state index contributed by atoms with van der Waals surface area (Å²) in [5.41, 5.74) is 2.34. The Bertz CT molecular complexity index is 513. The van der Waals surface area contributed by atoms with Gasteiger partial charge in [0.2, 0.25) is 5.91 Å². The maximum atomic E-state index is 13.0. The number of hydrogen-bond acceptors (Lipinski definition) is 2. The molecule has 1 aromatic rings. The molecule has 3 nitrogen and oxygen atoms in total. The van der Waals surface area contributed by atoms with E-state index in [0.717, 1.165) is 18.4 Å². The van der Waals surface area contributed by atoms with E-state index in [1.54, 1.807) is 0 Å². The van der Waals surface area contributed by atoms with E-state index in [9.17, 15) is 4.79 Å². The highest BCUT2D eigenvalue weighted by atomic mass is 16.2. The first kappa shape index (κ1) is 17.5. The van der Waals surface area contributed by atoms with E-state index >= 15 is 0 Å². The molecule has 0 heterocycles. The quantitative estimate of drug-likeness (QED) is 0.841. The fourth-order valence-corrected chi connectivity index (χ4v) is 4.12. The second-order valence-electron chi connectivity index (χ2n) is 7.69. The second-order valence-corrected chi connectivity index (χ2v) is 7.69. The van der Waals surface area contributed by atoms with Crippen LogP contribution in [0.2, 0.25) is 0 Å². The van der Waals surface area contributed by atoms with Gasteiger partial charge in [-0.05, 0) is 38.2 Å². The molecule has 3 heteroatoms. The lowest BCUT2D eigenvalue weighted by atomic mass is 9.92. The molecule has 0 aromatic heterocycles. The van der Waals surface area contributed by atoms with Crippen molar-refractivity contribution >= 4 is 5.91 Å². The Kier molecular flexibility index (Phi) is 6.30. The zero-order valence-corrected chi connectivity index (χ0v) is 15.0. The summed E-state index contributed by atoms with van der Waals surface area (Å²) in [6.45, 7) is 2.09. The van der Waals surface area contributed by atoms with Crippen LogP contribution in [0, 0.1) is 6.92 Å². The summed E-state index contributed by atoms with van der Waals surface area (Å²) in [4.78, 5) is 13.0. The number of carbonyl (C=O) groups excluding carboxylic acids is 1. The number of nitrogens with one attached hydrogen (secondary N) is 2. The van der Waals surface area contributed by atoms with Crippen molar-refractivity contribution in [1.82, 2.24) is 10.6 Å². The molecule has 132 valence electrons. The predicted octanol–water partition coefficient (Wildman–Crippen LogP) is 4.41. The first-order valence-electron chi connectivity index (χ1n) is 9.85. The molecule has 1 amide bonds. The van der Waals surface area contributed by atoms with E-state index in [1.807, 2.05) is 0 Å². The average Bonchev–Trinajstić information content (AvgIpc) is 2.62. The summed E-state index contributed by atoms with van der Waals surface area (Å²) in [5.74, 6) is 0.163. The minimum Gasteiger partial charge on any atom is -0.352 e. The van der Waals surface area contributed by atoms with Gasteiger partial charge in [-0.3, -0.25) is 10.1 Å². The summed E-state index contributed by atoms with van der Waals surface area (Å²) in [5, 5.41) is 6.99. The van der Waals surface area contributed by atoms with Crippen molar-refractivity contribution in [2.75, 3.05) is 0 Å². The van der Waals surface area contributed by atoms with Crippen molar-refractivity contribution in [2.45, 2.75) is 89.3 Å². The van der Waals surface area contributed by atoms with E-state index in [1.165, 1.54) is 56.9 Å². The highest BCUT2D eigenvalue weighted by molar-refractivity contribution is 5.83. The van der Waals surface area contributed by atoms with Crippen LogP contribution in [0.25, 0.3) is 0 Å². The van der Waals surface area contributed by atoms with Crippen LogP contribution in [0.4, 0.5) is 0 Å². The molecule has 0 bridgehead atoms. The van der Waals surface area contributed by atoms with Crippen LogP contribution in [0.5, 0.6) is 0 Å². The van der Waals surface area contributed by atoms with Gasteiger partial charge in [0.25, 0.3) is 0 Å². The van der Waals surface area contributed by atoms with Crippen LogP contribution in [-0.4, -0.2) is 18.0 Å². The van der Waals surface area contributed by atoms with E-state index in [2.05, 4.69) is 41.8 Å². The zero-order chi connectivity index (χ0) is 16.8. The second kappa shape index (κ2) is 8.66. The molecule has 0 saturated heterocycles. The topological polar surface area (TPSA) is 41.1 Å². The Morgan fingerprint density at radius 2 is 1.42 bits per heavy atom. The summed E-state index contributed by atoms with van der Waals surface area (Å²) in [6, 6.07) is 9.06. The maximum Gasteiger partial charge on any atom is 0.241 e. The minimum absolute atomic E-state index is 0.163. The van der Waals surface area contributed by atoms with E-state index in [0.29, 0.717) is 12.1 Å². The van der Waals surface area contributed by atoms with Crippen LogP contribution in [0.3, 0.4) is 0 Å². The number of aryl methyl sites for hydroxylation is 1. The van der Waals surface area contributed by atoms with E-state index < -0.39 is 0 Å². The van der Waals surface area contributed by atoms with Gasteiger partial charge in [-0.2, -0.15) is 0 Å². The maximum absolute atomic E-state index is 13.0. The van der Waals surface area contributed by atoms with Gasteiger partial charge in [-0.25, -0.2) is 0 Å². The molecule has 2 aliphatic carbocycles. The van der Waals surface area contributed by atoms with Gasteiger partial charge >= 0.3 is 0 Å². The number of carbonyl (C=O) groups is 1. The summed E-state index contributed by atoms with van der Waals surface area (Å²) < 4.78 is 0. The van der Waals surface area contributed by atoms with Crippen LogP contribution < -0.4 is 10.6 Å². The molecule has 1 unspecified atom stereocenters. The minimum atomic E-state index is -0.212. The first-order valence-corrected chi connectivity index (χ1v) is 9.85. The Labute approximate surface area is 146 Å². The summed E-state index contributed by atoms with van der Waals surface area (Å²) >= 11 is 0. The normalized spacial score (nSPS) is 21.4. The molecule has 2 aliphatic rings. The molecule has 2 fully saturated rings. The summed E-state index contributed by atoms with van der Waals surface area (Å²) in [6.07, 6.45) is 12.4. The van der Waals surface area contributed by atoms with Gasteiger partial charge in [0.1, 0.15) is 6.04 Å². The van der Waals surface area contributed by atoms with Crippen LogP contribution >= 0.6 is 0 Å². The van der Waals surface area contributed by atoms with Crippen molar-refractivity contribution in [3.8, 4) is 0 Å². The molecule has 24 heavy (non-hydrogen) atoms. The number of rotatable bonds is 5. The molecule has 1 aromatic carbocycles. The van der Waals surface area contributed by atoms with Gasteiger partial charge < -0.3 is 5.32 Å². The Hall–Kier alpha value is -1.35. The van der Waals surface area contributed by atoms with Crippen molar-refractivity contribution in [2.24, 2.45) is 0 Å². The van der Waals surface area contributed by atoms with Gasteiger partial charge in [-0.1, -0.05) is 68.4 Å². The molecule has 0 spiro atoms. The van der Waals surface area contributed by atoms with Crippen LogP contribution in [0.15, 0.2) is 24.3 Å². The van der Waals surface area contributed by atoms with Crippen LogP contribution in [0.1, 0.15) is 81.4 Å². The number of amides is 1. The smallest absolute Gasteiger partial charge is 0.241 e. The molecule has 3 rings (SSSR count). The lowest BCUT2D eigenvalue weighted by molar-refractivity contribution is -0.124. The first-order chi connectivity index (χ1) is 11.7. The van der Waals surface area contributed by atoms with Crippen LogP contribution in [-0.2, 0) is 4.79 Å². The van der Waals surface area contributed by atoms with Gasteiger partial charge in [-0.15, -0.1) is 0 Å². The van der Waals surface area contributed by atoms with Gasteiger partial charge in [0.05, 0.1) is 0 Å². The Balaban J connectivity index is 1.69. The third kappa shape index (κ3) is 4.83. The fraction of sp³-hybridized carbons (Fsp3) is 0.667. The van der Waals surface area contributed by atoms with E-state index in [-0.39, 0.29) is 11.9 Å². The standard InChI is InChI=1S/C21H32N2O/c1-16-12-14-17(15-13-16)20(22-18-8-4-2-5-9-18)21(24)23-19-10-6-3-7-11-19/h12-15,18-20,22H,2-11H2,1H3,(H,23,24). The highest BCUT2D eigenvalue weighted by Gasteiger charge is 2.27. The number of benzene rings is 1. The van der Waals surface area contributed by atoms with E-state index in [4.69, 9.17) is 0 Å². The highest BCUT2D eigenvalue weighted by Crippen LogP contribution is 2.23. The van der Waals surface area contributed by atoms with Gasteiger partial charge in [0, 0.05) is 12.1 Å². The third-order valence-electron chi connectivity index (χ3n) is 5.63. The van der Waals surface area contributed by atoms with Crippen molar-refractivity contribution < 1.29 is 4.79 Å². The van der Waals surface area contributed by atoms with Crippen molar-refractivity contribution in [3.05, 3.63) is 35.4 Å². The monoisotopic (exact) mass is 328 g/mol. The average molecular weight is 329 g/mol. The summed E-state index contributed by atoms with van der Waals surface area (Å²) in [7, 11) is 0. The molecule has 0 radical (unpaired) electrons. The molecule has 1 atom stereocenters. The van der Waals surface area contributed by atoms with Crippen molar-refractivity contribution in [1.29, 1.82) is 0 Å². The SMILES string of the molecule is Cc1ccc(C(NC2CCCCC2)C(=O)NC2CCCCC2)cc1. The predicted molar refractivity (Wildman–Crippen MR) is 98.9 cm³/mol. The Morgan fingerprint density at radius 3 is 2.00 bits per heavy atom. The lowest BCUT2D eigenvalue weighted by Crippen LogP contribution is -2.46. The zero-order valence-electron chi connectivity index (χ0n) is 15.0. The van der Waals surface area contributed by atoms with Gasteiger partial charge in [0.15, 0.2) is 0 Å². The lowest BCUT2D eigenvalue weighted by Gasteiger charge is -2.30. The largest absolute Gasteiger partial charge is 0.352 e.